The van der Waals surface area contributed by atoms with Crippen molar-refractivity contribution in [2.75, 3.05) is 13.1 Å². The summed E-state index contributed by atoms with van der Waals surface area (Å²) in [5.74, 6) is -3.32. The highest BCUT2D eigenvalue weighted by molar-refractivity contribution is 7.17. The molecule has 1 aliphatic rings. The minimum atomic E-state index is -2.79. The van der Waals surface area contributed by atoms with Crippen molar-refractivity contribution in [3.63, 3.8) is 0 Å². The Hall–Kier alpha value is -0.820. The zero-order valence-electron chi connectivity index (χ0n) is 7.41. The second kappa shape index (κ2) is 3.64. The van der Waals surface area contributed by atoms with Crippen LogP contribution in [0.25, 0.3) is 0 Å². The van der Waals surface area contributed by atoms with E-state index in [2.05, 4.69) is 10.2 Å². The zero-order chi connectivity index (χ0) is 11.1. The Bertz CT molecular complexity index is 397. The standard InChI is InChI=1S/C7H6ClF2N3OS/c8-6-12-11-4(15-6)5(14)13-2-1-7(9,10)3-13/h1-3H2. The van der Waals surface area contributed by atoms with Gasteiger partial charge in [-0.25, -0.2) is 8.78 Å². The van der Waals surface area contributed by atoms with Crippen LogP contribution in [-0.4, -0.2) is 40.0 Å². The van der Waals surface area contributed by atoms with Crippen LogP contribution in [0.15, 0.2) is 0 Å². The molecule has 0 atom stereocenters. The zero-order valence-corrected chi connectivity index (χ0v) is 8.99. The SMILES string of the molecule is O=C(c1nnc(Cl)s1)N1CCC(F)(F)C1. The lowest BCUT2D eigenvalue weighted by Gasteiger charge is -2.13. The average molecular weight is 254 g/mol. The third-order valence-electron chi connectivity index (χ3n) is 2.04. The van der Waals surface area contributed by atoms with E-state index in [4.69, 9.17) is 11.6 Å². The number of likely N-dealkylation sites (tertiary alicyclic amines) is 1. The summed E-state index contributed by atoms with van der Waals surface area (Å²) in [7, 11) is 0. The van der Waals surface area contributed by atoms with Crippen LogP contribution < -0.4 is 0 Å². The van der Waals surface area contributed by atoms with E-state index in [0.29, 0.717) is 0 Å². The monoisotopic (exact) mass is 253 g/mol. The topological polar surface area (TPSA) is 46.1 Å². The lowest BCUT2D eigenvalue weighted by atomic mass is 10.3. The Morgan fingerprint density at radius 2 is 2.27 bits per heavy atom. The van der Waals surface area contributed by atoms with Gasteiger partial charge in [-0.05, 0) is 11.6 Å². The first-order valence-corrected chi connectivity index (χ1v) is 5.33. The molecule has 1 aliphatic heterocycles. The fourth-order valence-corrected chi connectivity index (χ4v) is 2.13. The van der Waals surface area contributed by atoms with E-state index in [-0.39, 0.29) is 22.4 Å². The van der Waals surface area contributed by atoms with Gasteiger partial charge in [0.2, 0.25) is 9.47 Å². The van der Waals surface area contributed by atoms with E-state index in [1.54, 1.807) is 0 Å². The molecular weight excluding hydrogens is 248 g/mol. The Morgan fingerprint density at radius 1 is 1.53 bits per heavy atom. The predicted molar refractivity (Wildman–Crippen MR) is 50.4 cm³/mol. The summed E-state index contributed by atoms with van der Waals surface area (Å²) < 4.78 is 25.8. The average Bonchev–Trinajstić information content (AvgIpc) is 2.71. The van der Waals surface area contributed by atoms with Gasteiger partial charge >= 0.3 is 0 Å². The molecule has 0 radical (unpaired) electrons. The van der Waals surface area contributed by atoms with Gasteiger partial charge in [-0.15, -0.1) is 10.2 Å². The maximum Gasteiger partial charge on any atom is 0.285 e. The van der Waals surface area contributed by atoms with E-state index < -0.39 is 18.4 Å². The van der Waals surface area contributed by atoms with Crippen molar-refractivity contribution < 1.29 is 13.6 Å². The Kier molecular flexibility index (Phi) is 2.59. The lowest BCUT2D eigenvalue weighted by Crippen LogP contribution is -2.31. The summed E-state index contributed by atoms with van der Waals surface area (Å²) >= 11 is 6.38. The van der Waals surface area contributed by atoms with Crippen LogP contribution in [0.3, 0.4) is 0 Å². The first kappa shape index (κ1) is 10.7. The van der Waals surface area contributed by atoms with Crippen LogP contribution >= 0.6 is 22.9 Å². The molecule has 0 saturated carbocycles. The van der Waals surface area contributed by atoms with Crippen molar-refractivity contribution in [2.45, 2.75) is 12.3 Å². The molecule has 2 heterocycles. The molecule has 0 N–H and O–H groups in total. The molecule has 1 saturated heterocycles. The lowest BCUT2D eigenvalue weighted by molar-refractivity contribution is 0.0120. The number of hydrogen-bond donors (Lipinski definition) is 0. The van der Waals surface area contributed by atoms with Gasteiger partial charge in [-0.3, -0.25) is 4.79 Å². The van der Waals surface area contributed by atoms with E-state index in [1.807, 2.05) is 0 Å². The highest BCUT2D eigenvalue weighted by atomic mass is 35.5. The van der Waals surface area contributed by atoms with Crippen LogP contribution in [0.2, 0.25) is 4.47 Å². The molecule has 0 aliphatic carbocycles. The maximum atomic E-state index is 12.8. The fraction of sp³-hybridized carbons (Fsp3) is 0.571. The van der Waals surface area contributed by atoms with Gasteiger partial charge in [0.15, 0.2) is 0 Å². The van der Waals surface area contributed by atoms with E-state index in [1.165, 1.54) is 0 Å². The first-order chi connectivity index (χ1) is 6.98. The van der Waals surface area contributed by atoms with Crippen LogP contribution in [0.5, 0.6) is 0 Å². The van der Waals surface area contributed by atoms with Crippen LogP contribution in [-0.2, 0) is 0 Å². The quantitative estimate of drug-likeness (QED) is 0.765. The van der Waals surface area contributed by atoms with Crippen molar-refractivity contribution in [3.05, 3.63) is 9.47 Å². The number of aromatic nitrogens is 2. The van der Waals surface area contributed by atoms with Gasteiger partial charge in [0.25, 0.3) is 11.8 Å². The van der Waals surface area contributed by atoms with Crippen molar-refractivity contribution >= 4 is 28.8 Å². The highest BCUT2D eigenvalue weighted by Crippen LogP contribution is 2.28. The molecule has 0 bridgehead atoms. The van der Waals surface area contributed by atoms with Gasteiger partial charge < -0.3 is 4.90 Å². The third-order valence-corrected chi connectivity index (χ3v) is 3.05. The molecule has 1 fully saturated rings. The summed E-state index contributed by atoms with van der Waals surface area (Å²) in [5, 5.41) is 7.01. The molecule has 2 rings (SSSR count). The number of nitrogens with zero attached hydrogens (tertiary/aromatic N) is 3. The van der Waals surface area contributed by atoms with Gasteiger partial charge in [0.1, 0.15) is 0 Å². The summed E-state index contributed by atoms with van der Waals surface area (Å²) in [6.07, 6.45) is -0.300. The van der Waals surface area contributed by atoms with Crippen molar-refractivity contribution in [2.24, 2.45) is 0 Å². The molecular formula is C7H6ClF2N3OS. The van der Waals surface area contributed by atoms with Crippen LogP contribution in [0.4, 0.5) is 8.78 Å². The Balaban J connectivity index is 2.10. The summed E-state index contributed by atoms with van der Waals surface area (Å²) in [5.41, 5.74) is 0. The normalized spacial score (nSPS) is 19.5. The number of alkyl halides is 2. The number of hydrogen-bond acceptors (Lipinski definition) is 4. The number of carbonyl (C=O) groups is 1. The number of amides is 1. The smallest absolute Gasteiger partial charge is 0.285 e. The molecule has 0 aromatic carbocycles. The molecule has 1 amide bonds. The second-order valence-electron chi connectivity index (χ2n) is 3.19. The maximum absolute atomic E-state index is 12.8. The van der Waals surface area contributed by atoms with E-state index in [0.717, 1.165) is 16.2 Å². The molecule has 1 aromatic heterocycles. The first-order valence-electron chi connectivity index (χ1n) is 4.14. The summed E-state index contributed by atoms with van der Waals surface area (Å²) in [6.45, 7) is -0.508. The van der Waals surface area contributed by atoms with Crippen molar-refractivity contribution in [1.29, 1.82) is 0 Å². The van der Waals surface area contributed by atoms with E-state index in [9.17, 15) is 13.6 Å². The van der Waals surface area contributed by atoms with Gasteiger partial charge in [-0.1, -0.05) is 11.3 Å². The van der Waals surface area contributed by atoms with Crippen molar-refractivity contribution in [1.82, 2.24) is 15.1 Å². The molecule has 8 heteroatoms. The summed E-state index contributed by atoms with van der Waals surface area (Å²) in [4.78, 5) is 12.7. The fourth-order valence-electron chi connectivity index (χ4n) is 1.34. The van der Waals surface area contributed by atoms with Gasteiger partial charge in [0.05, 0.1) is 6.54 Å². The minimum Gasteiger partial charge on any atom is -0.330 e. The molecule has 15 heavy (non-hydrogen) atoms. The Labute approximate surface area is 92.9 Å². The molecule has 82 valence electrons. The highest BCUT2D eigenvalue weighted by Gasteiger charge is 2.41. The molecule has 0 unspecified atom stereocenters. The predicted octanol–water partition coefficient (Wildman–Crippen LogP) is 1.67. The number of halogens is 3. The van der Waals surface area contributed by atoms with E-state index >= 15 is 0 Å². The largest absolute Gasteiger partial charge is 0.330 e. The number of carbonyl (C=O) groups excluding carboxylic acids is 1. The minimum absolute atomic E-state index is 0.0447. The van der Waals surface area contributed by atoms with Gasteiger partial charge in [0, 0.05) is 13.0 Å². The summed E-state index contributed by atoms with van der Waals surface area (Å²) in [6, 6.07) is 0. The van der Waals surface area contributed by atoms with Gasteiger partial charge in [-0.2, -0.15) is 0 Å². The number of rotatable bonds is 1. The Morgan fingerprint density at radius 3 is 2.73 bits per heavy atom. The second-order valence-corrected chi connectivity index (χ2v) is 4.75. The molecule has 0 spiro atoms. The van der Waals surface area contributed by atoms with Crippen LogP contribution in [0.1, 0.15) is 16.2 Å². The van der Waals surface area contributed by atoms with Crippen molar-refractivity contribution in [3.8, 4) is 0 Å². The van der Waals surface area contributed by atoms with Crippen LogP contribution in [0, 0.1) is 0 Å². The third kappa shape index (κ3) is 2.23. The molecule has 1 aromatic rings. The molecule has 4 nitrogen and oxygen atoms in total.